The smallest absolute Gasteiger partial charge is 0.178 e. The van der Waals surface area contributed by atoms with Crippen LogP contribution in [-0.2, 0) is 0 Å². The quantitative estimate of drug-likeness (QED) is 0.485. The zero-order valence-electron chi connectivity index (χ0n) is 7.88. The monoisotopic (exact) mass is 335 g/mol. The molecule has 0 aliphatic carbocycles. The minimum Gasteiger partial charge on any atom is -0.494 e. The number of ketones is 1. The van der Waals surface area contributed by atoms with Crippen LogP contribution in [-0.4, -0.2) is 18.8 Å². The zero-order valence-corrected chi connectivity index (χ0v) is 10.8. The van der Waals surface area contributed by atoms with E-state index in [-0.39, 0.29) is 11.7 Å². The largest absolute Gasteiger partial charge is 0.494 e. The molecule has 0 aliphatic rings. The zero-order chi connectivity index (χ0) is 11.4. The summed E-state index contributed by atoms with van der Waals surface area (Å²) < 4.78 is 5.70. The second kappa shape index (κ2) is 5.33. The lowest BCUT2D eigenvalue weighted by Crippen LogP contribution is -2.05. The van der Waals surface area contributed by atoms with Gasteiger partial charge >= 0.3 is 0 Å². The van der Waals surface area contributed by atoms with Crippen molar-refractivity contribution in [1.29, 1.82) is 5.26 Å². The fraction of sp³-hybridized carbons (Fsp3) is 0.200. The maximum Gasteiger partial charge on any atom is 0.178 e. The van der Waals surface area contributed by atoms with Crippen LogP contribution in [0.4, 0.5) is 0 Å². The molecular weight excluding hydrogens is 328 g/mol. The predicted octanol–water partition coefficient (Wildman–Crippen LogP) is 2.59. The fourth-order valence-corrected chi connectivity index (χ4v) is 2.27. The molecule has 1 rings (SSSR count). The molecule has 0 N–H and O–H groups in total. The summed E-state index contributed by atoms with van der Waals surface area (Å²) in [6.45, 7) is 0. The van der Waals surface area contributed by atoms with E-state index in [1.165, 1.54) is 7.11 Å². The maximum absolute atomic E-state index is 11.4. The Morgan fingerprint density at radius 3 is 2.80 bits per heavy atom. The first-order valence-corrected chi connectivity index (χ1v) is 5.62. The van der Waals surface area contributed by atoms with Gasteiger partial charge in [0.2, 0.25) is 0 Å². The topological polar surface area (TPSA) is 50.1 Å². The molecule has 0 atom stereocenters. The summed E-state index contributed by atoms with van der Waals surface area (Å²) >= 11 is 7.44. The predicted molar refractivity (Wildman–Crippen MR) is 65.5 cm³/mol. The van der Waals surface area contributed by atoms with Crippen molar-refractivity contribution in [2.24, 2.45) is 0 Å². The van der Waals surface area contributed by atoms with Crippen LogP contribution >= 0.6 is 34.2 Å². The summed E-state index contributed by atoms with van der Waals surface area (Å²) in [5.41, 5.74) is 0.898. The number of ether oxygens (including phenoxy) is 1. The molecule has 3 nitrogen and oxygen atoms in total. The van der Waals surface area contributed by atoms with Crippen LogP contribution in [0.3, 0.4) is 0 Å². The number of nitriles is 1. The van der Waals surface area contributed by atoms with Gasteiger partial charge < -0.3 is 4.74 Å². The average Bonchev–Trinajstić information content (AvgIpc) is 2.27. The Hall–Kier alpha value is -0.800. The summed E-state index contributed by atoms with van der Waals surface area (Å²) in [5, 5.41) is 8.82. The number of alkyl halides is 1. The maximum atomic E-state index is 11.4. The average molecular weight is 336 g/mol. The molecule has 1 aromatic carbocycles. The minimum absolute atomic E-state index is 0.0783. The molecule has 0 saturated heterocycles. The van der Waals surface area contributed by atoms with Gasteiger partial charge in [-0.15, -0.1) is 11.6 Å². The second-order valence-electron chi connectivity index (χ2n) is 2.68. The van der Waals surface area contributed by atoms with Crippen molar-refractivity contribution < 1.29 is 9.53 Å². The van der Waals surface area contributed by atoms with Gasteiger partial charge in [0.25, 0.3) is 0 Å². The van der Waals surface area contributed by atoms with Crippen LogP contribution in [0.15, 0.2) is 12.1 Å². The van der Waals surface area contributed by atoms with Crippen LogP contribution < -0.4 is 4.74 Å². The van der Waals surface area contributed by atoms with Crippen molar-refractivity contribution in [2.75, 3.05) is 13.0 Å². The van der Waals surface area contributed by atoms with Crippen molar-refractivity contribution in [3.05, 3.63) is 26.8 Å². The number of carbonyl (C=O) groups is 1. The number of Topliss-reactive ketones (excluding diaryl/α,β-unsaturated/α-hetero) is 1. The molecule has 0 fully saturated rings. The normalized spacial score (nSPS) is 9.47. The van der Waals surface area contributed by atoms with E-state index in [1.807, 2.05) is 28.7 Å². The van der Waals surface area contributed by atoms with E-state index < -0.39 is 0 Å². The van der Waals surface area contributed by atoms with Crippen LogP contribution in [0.2, 0.25) is 0 Å². The lowest BCUT2D eigenvalue weighted by atomic mass is 10.1. The van der Waals surface area contributed by atoms with Gasteiger partial charge in [0, 0.05) is 5.56 Å². The molecule has 0 saturated carbocycles. The molecule has 0 spiro atoms. The Morgan fingerprint density at radius 1 is 1.67 bits per heavy atom. The Balaban J connectivity index is 3.37. The standard InChI is InChI=1S/C10H7ClINO2/c1-15-10-6(5-13)2-3-7(9(10)12)8(14)4-11/h2-3H,4H2,1H3. The molecule has 0 heterocycles. The highest BCUT2D eigenvalue weighted by atomic mass is 127. The van der Waals surface area contributed by atoms with Gasteiger partial charge in [-0.1, -0.05) is 0 Å². The summed E-state index contributed by atoms with van der Waals surface area (Å²) in [4.78, 5) is 11.4. The Kier molecular flexibility index (Phi) is 4.36. The Morgan fingerprint density at radius 2 is 2.33 bits per heavy atom. The van der Waals surface area contributed by atoms with Gasteiger partial charge in [-0.25, -0.2) is 0 Å². The molecule has 0 unspecified atom stereocenters. The van der Waals surface area contributed by atoms with E-state index in [0.29, 0.717) is 20.4 Å². The van der Waals surface area contributed by atoms with Crippen molar-refractivity contribution in [3.63, 3.8) is 0 Å². The van der Waals surface area contributed by atoms with Crippen LogP contribution in [0.25, 0.3) is 0 Å². The molecule has 5 heteroatoms. The Labute approximate surface area is 106 Å². The van der Waals surface area contributed by atoms with Crippen molar-refractivity contribution in [3.8, 4) is 11.8 Å². The minimum atomic E-state index is -0.177. The molecule has 1 aromatic rings. The molecule has 0 aliphatic heterocycles. The Bertz CT molecular complexity index is 440. The summed E-state index contributed by atoms with van der Waals surface area (Å²) in [6, 6.07) is 5.14. The van der Waals surface area contributed by atoms with E-state index >= 15 is 0 Å². The molecular formula is C10H7ClINO2. The highest BCUT2D eigenvalue weighted by molar-refractivity contribution is 14.1. The first kappa shape index (κ1) is 12.3. The van der Waals surface area contributed by atoms with Crippen molar-refractivity contribution in [2.45, 2.75) is 0 Å². The first-order chi connectivity index (χ1) is 7.15. The lowest BCUT2D eigenvalue weighted by molar-refractivity contribution is 0.102. The van der Waals surface area contributed by atoms with E-state index in [9.17, 15) is 4.79 Å². The molecule has 0 aromatic heterocycles. The van der Waals surface area contributed by atoms with Gasteiger partial charge in [0.15, 0.2) is 11.5 Å². The number of carbonyl (C=O) groups excluding carboxylic acids is 1. The summed E-state index contributed by atoms with van der Waals surface area (Å²) in [7, 11) is 1.47. The number of methoxy groups -OCH3 is 1. The SMILES string of the molecule is COc1c(C#N)ccc(C(=O)CCl)c1I. The first-order valence-electron chi connectivity index (χ1n) is 4.01. The van der Waals surface area contributed by atoms with Crippen LogP contribution in [0.1, 0.15) is 15.9 Å². The van der Waals surface area contributed by atoms with Gasteiger partial charge in [-0.3, -0.25) is 4.79 Å². The van der Waals surface area contributed by atoms with Crippen LogP contribution in [0.5, 0.6) is 5.75 Å². The van der Waals surface area contributed by atoms with E-state index in [0.717, 1.165) is 0 Å². The number of hydrogen-bond donors (Lipinski definition) is 0. The summed E-state index contributed by atoms with van der Waals surface area (Å²) in [5.74, 6) is 0.170. The third-order valence-electron chi connectivity index (χ3n) is 1.84. The second-order valence-corrected chi connectivity index (χ2v) is 4.02. The fourth-order valence-electron chi connectivity index (χ4n) is 1.13. The molecule has 0 radical (unpaired) electrons. The van der Waals surface area contributed by atoms with Gasteiger partial charge in [-0.05, 0) is 34.7 Å². The molecule has 15 heavy (non-hydrogen) atoms. The highest BCUT2D eigenvalue weighted by Crippen LogP contribution is 2.28. The van der Waals surface area contributed by atoms with Gasteiger partial charge in [0.1, 0.15) is 6.07 Å². The van der Waals surface area contributed by atoms with E-state index in [4.69, 9.17) is 21.6 Å². The third kappa shape index (κ3) is 2.41. The highest BCUT2D eigenvalue weighted by Gasteiger charge is 2.15. The molecule has 0 bridgehead atoms. The number of rotatable bonds is 3. The number of halogens is 2. The molecule has 0 amide bonds. The van der Waals surface area contributed by atoms with Gasteiger partial charge in [-0.2, -0.15) is 5.26 Å². The van der Waals surface area contributed by atoms with Crippen molar-refractivity contribution in [1.82, 2.24) is 0 Å². The third-order valence-corrected chi connectivity index (χ3v) is 3.16. The number of benzene rings is 1. The van der Waals surface area contributed by atoms with Crippen molar-refractivity contribution >= 4 is 40.0 Å². The number of hydrogen-bond acceptors (Lipinski definition) is 3. The van der Waals surface area contributed by atoms with Gasteiger partial charge in [0.05, 0.1) is 22.1 Å². The summed E-state index contributed by atoms with van der Waals surface area (Å²) in [6.07, 6.45) is 0. The lowest BCUT2D eigenvalue weighted by Gasteiger charge is -2.08. The number of nitrogens with zero attached hydrogens (tertiary/aromatic N) is 1. The van der Waals surface area contributed by atoms with Crippen LogP contribution in [0, 0.1) is 14.9 Å². The van der Waals surface area contributed by atoms with E-state index in [2.05, 4.69) is 0 Å². The van der Waals surface area contributed by atoms with E-state index in [1.54, 1.807) is 12.1 Å². The molecule has 78 valence electrons.